The highest BCUT2D eigenvalue weighted by molar-refractivity contribution is 7.60. The van der Waals surface area contributed by atoms with Crippen LogP contribution in [0.25, 0.3) is 0 Å². The molecule has 80 valence electrons. The van der Waals surface area contributed by atoms with Crippen LogP contribution in [0.1, 0.15) is 38.5 Å². The molecule has 4 aliphatic carbocycles. The molecule has 4 fully saturated rings. The molecule has 0 saturated heterocycles. The van der Waals surface area contributed by atoms with Crippen molar-refractivity contribution < 1.29 is 4.57 Å². The Kier molecular flexibility index (Phi) is 1.76. The Hall–Kier alpha value is 0.150. The van der Waals surface area contributed by atoms with Crippen molar-refractivity contribution in [3.8, 4) is 0 Å². The molecule has 0 aromatic carbocycles. The zero-order valence-electron chi connectivity index (χ0n) is 8.48. The molecule has 4 rings (SSSR count). The summed E-state index contributed by atoms with van der Waals surface area (Å²) in [7, 11) is -2.87. The second-order valence-corrected chi connectivity index (χ2v) is 8.22. The SMILES string of the molecule is NP(N)(=O)C12CC3CC(CC(C3)C1)C2. The van der Waals surface area contributed by atoms with E-state index >= 15 is 0 Å². The minimum absolute atomic E-state index is 0.151. The van der Waals surface area contributed by atoms with Crippen molar-refractivity contribution in [2.45, 2.75) is 43.7 Å². The van der Waals surface area contributed by atoms with E-state index in [1.54, 1.807) is 0 Å². The largest absolute Gasteiger partial charge is 0.289 e. The lowest BCUT2D eigenvalue weighted by molar-refractivity contribution is 0.0327. The zero-order valence-corrected chi connectivity index (χ0v) is 9.38. The van der Waals surface area contributed by atoms with Crippen LogP contribution in [-0.2, 0) is 4.57 Å². The fourth-order valence-corrected chi connectivity index (χ4v) is 6.12. The molecule has 0 aromatic heterocycles. The van der Waals surface area contributed by atoms with E-state index in [1.807, 2.05) is 0 Å². The summed E-state index contributed by atoms with van der Waals surface area (Å²) in [5, 5.41) is -0.151. The first-order valence-electron chi connectivity index (χ1n) is 5.66. The smallest absolute Gasteiger partial charge is 0.212 e. The van der Waals surface area contributed by atoms with Crippen LogP contribution in [0.4, 0.5) is 0 Å². The summed E-state index contributed by atoms with van der Waals surface area (Å²) in [6, 6.07) is 0. The van der Waals surface area contributed by atoms with Crippen LogP contribution in [0, 0.1) is 17.8 Å². The molecule has 0 aliphatic heterocycles. The van der Waals surface area contributed by atoms with Crippen molar-refractivity contribution in [1.29, 1.82) is 0 Å². The summed E-state index contributed by atoms with van der Waals surface area (Å²) in [4.78, 5) is 0. The highest BCUT2D eigenvalue weighted by Crippen LogP contribution is 2.66. The van der Waals surface area contributed by atoms with Gasteiger partial charge in [0.15, 0.2) is 0 Å². The highest BCUT2D eigenvalue weighted by Gasteiger charge is 2.56. The maximum atomic E-state index is 12.0. The molecule has 3 nitrogen and oxygen atoms in total. The van der Waals surface area contributed by atoms with Gasteiger partial charge in [0, 0.05) is 0 Å². The van der Waals surface area contributed by atoms with Crippen LogP contribution < -0.4 is 11.0 Å². The molecule has 0 unspecified atom stereocenters. The molecule has 4 bridgehead atoms. The third-order valence-corrected chi connectivity index (χ3v) is 6.78. The van der Waals surface area contributed by atoms with Gasteiger partial charge in [-0.05, 0) is 56.3 Å². The van der Waals surface area contributed by atoms with E-state index in [1.165, 1.54) is 19.3 Å². The summed E-state index contributed by atoms with van der Waals surface area (Å²) in [5.41, 5.74) is 11.5. The Morgan fingerprint density at radius 1 is 0.929 bits per heavy atom. The molecule has 4 heteroatoms. The van der Waals surface area contributed by atoms with E-state index < -0.39 is 7.44 Å². The third kappa shape index (κ3) is 1.16. The Morgan fingerprint density at radius 3 is 1.57 bits per heavy atom. The molecule has 0 heterocycles. The maximum absolute atomic E-state index is 12.0. The van der Waals surface area contributed by atoms with E-state index in [2.05, 4.69) is 0 Å². The zero-order chi connectivity index (χ0) is 9.97. The van der Waals surface area contributed by atoms with Crippen molar-refractivity contribution in [1.82, 2.24) is 0 Å². The van der Waals surface area contributed by atoms with Crippen molar-refractivity contribution in [3.05, 3.63) is 0 Å². The second kappa shape index (κ2) is 2.63. The van der Waals surface area contributed by atoms with Crippen LogP contribution in [0.15, 0.2) is 0 Å². The number of hydrogen-bond acceptors (Lipinski definition) is 1. The molecule has 0 atom stereocenters. The maximum Gasteiger partial charge on any atom is 0.212 e. The minimum atomic E-state index is -2.87. The molecule has 14 heavy (non-hydrogen) atoms. The second-order valence-electron chi connectivity index (χ2n) is 5.85. The van der Waals surface area contributed by atoms with Crippen LogP contribution in [-0.4, -0.2) is 5.16 Å². The summed E-state index contributed by atoms with van der Waals surface area (Å²) in [6.45, 7) is 0. The standard InChI is InChI=1S/C10H19N2OP/c11-14(12,13)10-4-7-1-8(5-10)3-9(2-7)6-10/h7-9H,1-6H2,(H4,11,12,13). The predicted octanol–water partition coefficient (Wildman–Crippen LogP) is 2.07. The van der Waals surface area contributed by atoms with E-state index in [-0.39, 0.29) is 5.16 Å². The van der Waals surface area contributed by atoms with Gasteiger partial charge in [0.25, 0.3) is 0 Å². The van der Waals surface area contributed by atoms with E-state index in [0.29, 0.717) is 0 Å². The van der Waals surface area contributed by atoms with Crippen LogP contribution in [0.3, 0.4) is 0 Å². The van der Waals surface area contributed by atoms with E-state index in [4.69, 9.17) is 11.0 Å². The van der Waals surface area contributed by atoms with E-state index in [0.717, 1.165) is 37.0 Å². The van der Waals surface area contributed by atoms with Gasteiger partial charge in [-0.1, -0.05) is 0 Å². The molecule has 4 N–H and O–H groups in total. The topological polar surface area (TPSA) is 69.1 Å². The molecular formula is C10H19N2OP. The van der Waals surface area contributed by atoms with Gasteiger partial charge in [-0.15, -0.1) is 0 Å². The fraction of sp³-hybridized carbons (Fsp3) is 1.00. The molecule has 0 amide bonds. The first-order valence-corrected chi connectivity index (χ1v) is 7.50. The summed E-state index contributed by atoms with van der Waals surface area (Å²) in [5.74, 6) is 2.34. The van der Waals surface area contributed by atoms with Crippen molar-refractivity contribution in [2.24, 2.45) is 28.8 Å². The van der Waals surface area contributed by atoms with Crippen molar-refractivity contribution in [3.63, 3.8) is 0 Å². The highest BCUT2D eigenvalue weighted by atomic mass is 31.2. The molecule has 4 aliphatic rings. The van der Waals surface area contributed by atoms with Gasteiger partial charge in [-0.3, -0.25) is 15.6 Å². The molecule has 0 radical (unpaired) electrons. The number of hydrogen-bond donors (Lipinski definition) is 2. The summed E-state index contributed by atoms with van der Waals surface area (Å²) in [6.07, 6.45) is 7.17. The van der Waals surface area contributed by atoms with Crippen LogP contribution in [0.2, 0.25) is 0 Å². The quantitative estimate of drug-likeness (QED) is 0.656. The third-order valence-electron chi connectivity index (χ3n) is 4.75. The lowest BCUT2D eigenvalue weighted by Gasteiger charge is -2.57. The molecular weight excluding hydrogens is 195 g/mol. The average Bonchev–Trinajstić information content (AvgIpc) is 1.98. The lowest BCUT2D eigenvalue weighted by Crippen LogP contribution is -2.52. The summed E-state index contributed by atoms with van der Waals surface area (Å²) >= 11 is 0. The predicted molar refractivity (Wildman–Crippen MR) is 56.9 cm³/mol. The first kappa shape index (κ1) is 9.38. The van der Waals surface area contributed by atoms with Gasteiger partial charge < -0.3 is 0 Å². The van der Waals surface area contributed by atoms with E-state index in [9.17, 15) is 4.57 Å². The Bertz CT molecular complexity index is 274. The lowest BCUT2D eigenvalue weighted by atomic mass is 9.56. The van der Waals surface area contributed by atoms with Crippen LogP contribution in [0.5, 0.6) is 0 Å². The van der Waals surface area contributed by atoms with Crippen molar-refractivity contribution in [2.75, 3.05) is 0 Å². The first-order chi connectivity index (χ1) is 6.48. The Balaban J connectivity index is 1.99. The minimum Gasteiger partial charge on any atom is -0.289 e. The fourth-order valence-electron chi connectivity index (χ4n) is 4.49. The normalized spacial score (nSPS) is 51.1. The van der Waals surface area contributed by atoms with Gasteiger partial charge >= 0.3 is 0 Å². The van der Waals surface area contributed by atoms with Crippen molar-refractivity contribution >= 4 is 7.44 Å². The summed E-state index contributed by atoms with van der Waals surface area (Å²) < 4.78 is 12.0. The van der Waals surface area contributed by atoms with Crippen LogP contribution >= 0.6 is 7.44 Å². The van der Waals surface area contributed by atoms with Gasteiger partial charge in [-0.2, -0.15) is 0 Å². The van der Waals surface area contributed by atoms with Gasteiger partial charge in [-0.25, -0.2) is 0 Å². The molecule has 0 aromatic rings. The Labute approximate surface area is 85.1 Å². The monoisotopic (exact) mass is 214 g/mol. The van der Waals surface area contributed by atoms with Gasteiger partial charge in [0.05, 0.1) is 5.16 Å². The molecule has 0 spiro atoms. The molecule has 4 saturated carbocycles. The Morgan fingerprint density at radius 2 is 1.29 bits per heavy atom. The van der Waals surface area contributed by atoms with Gasteiger partial charge in [0.2, 0.25) is 7.44 Å². The number of rotatable bonds is 1. The number of nitrogens with two attached hydrogens (primary N) is 2. The van der Waals surface area contributed by atoms with Gasteiger partial charge in [0.1, 0.15) is 0 Å². The average molecular weight is 214 g/mol.